The van der Waals surface area contributed by atoms with Gasteiger partial charge >= 0.3 is 5.97 Å². The van der Waals surface area contributed by atoms with Crippen molar-refractivity contribution in [3.05, 3.63) is 29.8 Å². The number of carboxylic acid groups (broad SMARTS) is 1. The number of likely N-dealkylation sites (N-methyl/N-ethyl adjacent to an activating group) is 1. The third-order valence-electron chi connectivity index (χ3n) is 3.06. The minimum Gasteiger partial charge on any atom is -0.497 e. The molecule has 0 unspecified atom stereocenters. The van der Waals surface area contributed by atoms with Gasteiger partial charge in [-0.1, -0.05) is 19.1 Å². The van der Waals surface area contributed by atoms with Crippen molar-refractivity contribution in [3.8, 4) is 5.75 Å². The van der Waals surface area contributed by atoms with E-state index in [1.165, 1.54) is 5.56 Å². The maximum Gasteiger partial charge on any atom is 0.317 e. The number of rotatable bonds is 7. The third-order valence-corrected chi connectivity index (χ3v) is 3.06. The number of methoxy groups -OCH3 is 1. The van der Waals surface area contributed by atoms with Gasteiger partial charge in [-0.15, -0.1) is 0 Å². The summed E-state index contributed by atoms with van der Waals surface area (Å²) in [5, 5.41) is 8.84. The molecule has 1 N–H and O–H groups in total. The normalized spacial score (nSPS) is 12.4. The molecule has 0 saturated heterocycles. The zero-order valence-electron chi connectivity index (χ0n) is 11.2. The van der Waals surface area contributed by atoms with Crippen LogP contribution in [0.2, 0.25) is 0 Å². The summed E-state index contributed by atoms with van der Waals surface area (Å²) in [6.07, 6.45) is 0.838. The van der Waals surface area contributed by atoms with E-state index in [9.17, 15) is 4.79 Å². The van der Waals surface area contributed by atoms with Gasteiger partial charge in [-0.05, 0) is 37.6 Å². The molecule has 0 heterocycles. The fourth-order valence-corrected chi connectivity index (χ4v) is 1.98. The molecule has 4 nitrogen and oxygen atoms in total. The molecular formula is C14H21NO3. The standard InChI is InChI=1S/C14H21NO3/c1-4-15(10-14(16)17)11(2)9-12-5-7-13(18-3)8-6-12/h5-8,11H,4,9-10H2,1-3H3,(H,16,17)/t11-/m1/s1. The van der Waals surface area contributed by atoms with Crippen molar-refractivity contribution >= 4 is 5.97 Å². The highest BCUT2D eigenvalue weighted by Crippen LogP contribution is 2.14. The molecule has 100 valence electrons. The van der Waals surface area contributed by atoms with Crippen LogP contribution in [0.15, 0.2) is 24.3 Å². The Hall–Kier alpha value is -1.55. The minimum absolute atomic E-state index is 0.0911. The summed E-state index contributed by atoms with van der Waals surface area (Å²) in [6, 6.07) is 8.10. The van der Waals surface area contributed by atoms with E-state index in [1.54, 1.807) is 7.11 Å². The number of hydrogen-bond acceptors (Lipinski definition) is 3. The van der Waals surface area contributed by atoms with Gasteiger partial charge < -0.3 is 9.84 Å². The molecule has 0 amide bonds. The Bertz CT molecular complexity index is 375. The smallest absolute Gasteiger partial charge is 0.317 e. The molecular weight excluding hydrogens is 230 g/mol. The van der Waals surface area contributed by atoms with Crippen molar-refractivity contribution in [3.63, 3.8) is 0 Å². The van der Waals surface area contributed by atoms with E-state index >= 15 is 0 Å². The molecule has 4 heteroatoms. The predicted molar refractivity (Wildman–Crippen MR) is 71.0 cm³/mol. The lowest BCUT2D eigenvalue weighted by atomic mass is 10.1. The average molecular weight is 251 g/mol. The molecule has 0 aliphatic rings. The quantitative estimate of drug-likeness (QED) is 0.805. The summed E-state index contributed by atoms with van der Waals surface area (Å²) < 4.78 is 5.11. The largest absolute Gasteiger partial charge is 0.497 e. The molecule has 0 fully saturated rings. The Balaban J connectivity index is 2.60. The van der Waals surface area contributed by atoms with Crippen molar-refractivity contribution in [2.45, 2.75) is 26.3 Å². The van der Waals surface area contributed by atoms with Crippen LogP contribution in [-0.4, -0.2) is 42.2 Å². The molecule has 1 rings (SSSR count). The van der Waals surface area contributed by atoms with Crippen LogP contribution in [-0.2, 0) is 11.2 Å². The lowest BCUT2D eigenvalue weighted by Gasteiger charge is -2.26. The molecule has 1 atom stereocenters. The number of carboxylic acids is 1. The number of benzene rings is 1. The van der Waals surface area contributed by atoms with Crippen LogP contribution in [0.4, 0.5) is 0 Å². The summed E-state index contributed by atoms with van der Waals surface area (Å²) in [5.41, 5.74) is 1.19. The van der Waals surface area contributed by atoms with Gasteiger partial charge in [0.15, 0.2) is 0 Å². The molecule has 0 saturated carbocycles. The number of ether oxygens (including phenoxy) is 1. The van der Waals surface area contributed by atoms with Crippen LogP contribution in [0, 0.1) is 0 Å². The third kappa shape index (κ3) is 4.37. The lowest BCUT2D eigenvalue weighted by molar-refractivity contribution is -0.138. The molecule has 0 spiro atoms. The second kappa shape index (κ2) is 7.01. The summed E-state index contributed by atoms with van der Waals surface area (Å²) in [5.74, 6) is 0.0581. The fourth-order valence-electron chi connectivity index (χ4n) is 1.98. The number of nitrogens with zero attached hydrogens (tertiary/aromatic N) is 1. The average Bonchev–Trinajstić information content (AvgIpc) is 2.36. The van der Waals surface area contributed by atoms with Gasteiger partial charge in [-0.2, -0.15) is 0 Å². The molecule has 0 bridgehead atoms. The predicted octanol–water partition coefficient (Wildman–Crippen LogP) is 2.03. The molecule has 0 aliphatic carbocycles. The van der Waals surface area contributed by atoms with Gasteiger partial charge in [0.05, 0.1) is 13.7 Å². The first-order valence-corrected chi connectivity index (χ1v) is 6.15. The summed E-state index contributed by atoms with van der Waals surface area (Å²) in [4.78, 5) is 12.7. The molecule has 18 heavy (non-hydrogen) atoms. The second-order valence-corrected chi connectivity index (χ2v) is 4.36. The minimum atomic E-state index is -0.779. The van der Waals surface area contributed by atoms with Gasteiger partial charge in [-0.3, -0.25) is 9.69 Å². The SMILES string of the molecule is CCN(CC(=O)O)[C@H](C)Cc1ccc(OC)cc1. The van der Waals surface area contributed by atoms with Crippen molar-refractivity contribution in [1.82, 2.24) is 4.90 Å². The Morgan fingerprint density at radius 2 is 2.00 bits per heavy atom. The van der Waals surface area contributed by atoms with E-state index in [0.29, 0.717) is 0 Å². The van der Waals surface area contributed by atoms with Crippen molar-refractivity contribution < 1.29 is 14.6 Å². The lowest BCUT2D eigenvalue weighted by Crippen LogP contribution is -2.38. The summed E-state index contributed by atoms with van der Waals surface area (Å²) >= 11 is 0. The van der Waals surface area contributed by atoms with Crippen LogP contribution in [0.1, 0.15) is 19.4 Å². The number of hydrogen-bond donors (Lipinski definition) is 1. The van der Waals surface area contributed by atoms with E-state index in [2.05, 4.69) is 6.92 Å². The van der Waals surface area contributed by atoms with E-state index in [1.807, 2.05) is 36.1 Å². The number of carbonyl (C=O) groups is 1. The maximum atomic E-state index is 10.8. The van der Waals surface area contributed by atoms with Crippen molar-refractivity contribution in [2.75, 3.05) is 20.2 Å². The first kappa shape index (κ1) is 14.5. The zero-order chi connectivity index (χ0) is 13.5. The Morgan fingerprint density at radius 3 is 2.44 bits per heavy atom. The first-order chi connectivity index (χ1) is 8.56. The van der Waals surface area contributed by atoms with Crippen LogP contribution in [0.25, 0.3) is 0 Å². The summed E-state index contributed by atoms with van der Waals surface area (Å²) in [7, 11) is 1.64. The van der Waals surface area contributed by atoms with Gasteiger partial charge in [-0.25, -0.2) is 0 Å². The molecule has 0 aromatic heterocycles. The molecule has 1 aromatic rings. The van der Waals surface area contributed by atoms with E-state index in [-0.39, 0.29) is 12.6 Å². The molecule has 1 aromatic carbocycles. The van der Waals surface area contributed by atoms with Crippen molar-refractivity contribution in [2.24, 2.45) is 0 Å². The second-order valence-electron chi connectivity index (χ2n) is 4.36. The Labute approximate surface area is 108 Å². The Morgan fingerprint density at radius 1 is 1.39 bits per heavy atom. The monoisotopic (exact) mass is 251 g/mol. The van der Waals surface area contributed by atoms with E-state index < -0.39 is 5.97 Å². The number of aliphatic carboxylic acids is 1. The van der Waals surface area contributed by atoms with Gasteiger partial charge in [0.1, 0.15) is 5.75 Å². The zero-order valence-corrected chi connectivity index (χ0v) is 11.2. The van der Waals surface area contributed by atoms with Gasteiger partial charge in [0.2, 0.25) is 0 Å². The van der Waals surface area contributed by atoms with Crippen LogP contribution in [0.3, 0.4) is 0 Å². The maximum absolute atomic E-state index is 10.8. The van der Waals surface area contributed by atoms with E-state index in [0.717, 1.165) is 18.7 Å². The highest BCUT2D eigenvalue weighted by molar-refractivity contribution is 5.69. The van der Waals surface area contributed by atoms with Gasteiger partial charge in [0.25, 0.3) is 0 Å². The first-order valence-electron chi connectivity index (χ1n) is 6.15. The van der Waals surface area contributed by atoms with E-state index in [4.69, 9.17) is 9.84 Å². The topological polar surface area (TPSA) is 49.8 Å². The van der Waals surface area contributed by atoms with Crippen molar-refractivity contribution in [1.29, 1.82) is 0 Å². The highest BCUT2D eigenvalue weighted by atomic mass is 16.5. The van der Waals surface area contributed by atoms with Crippen LogP contribution >= 0.6 is 0 Å². The molecule has 0 radical (unpaired) electrons. The molecule has 0 aliphatic heterocycles. The Kier molecular flexibility index (Phi) is 5.65. The highest BCUT2D eigenvalue weighted by Gasteiger charge is 2.15. The fraction of sp³-hybridized carbons (Fsp3) is 0.500. The van der Waals surface area contributed by atoms with Crippen LogP contribution < -0.4 is 4.74 Å². The van der Waals surface area contributed by atoms with Crippen LogP contribution in [0.5, 0.6) is 5.75 Å². The van der Waals surface area contributed by atoms with Gasteiger partial charge in [0, 0.05) is 6.04 Å². The summed E-state index contributed by atoms with van der Waals surface area (Å²) in [6.45, 7) is 4.86.